The van der Waals surface area contributed by atoms with Crippen molar-refractivity contribution < 1.29 is 42.7 Å². The van der Waals surface area contributed by atoms with Crippen molar-refractivity contribution in [1.29, 1.82) is 0 Å². The van der Waals surface area contributed by atoms with E-state index >= 15 is 0 Å². The second-order valence-electron chi connectivity index (χ2n) is 14.7. The lowest BCUT2D eigenvalue weighted by molar-refractivity contribution is -0.161. The Kier molecular flexibility index (Phi) is 32.2. The van der Waals surface area contributed by atoms with Crippen molar-refractivity contribution in [2.24, 2.45) is 0 Å². The Morgan fingerprint density at radius 2 is 1.09 bits per heavy atom. The topological polar surface area (TPSA) is 132 Å². The van der Waals surface area contributed by atoms with Crippen LogP contribution in [0.15, 0.2) is 36.5 Å². The molecule has 0 radical (unpaired) electrons. The summed E-state index contributed by atoms with van der Waals surface area (Å²) in [5.74, 6) is -0.910. The summed E-state index contributed by atoms with van der Waals surface area (Å²) >= 11 is 0. The number of esters is 2. The predicted octanol–water partition coefficient (Wildman–Crippen LogP) is 11.9. The van der Waals surface area contributed by atoms with Crippen molar-refractivity contribution in [2.45, 2.75) is 212 Å². The summed E-state index contributed by atoms with van der Waals surface area (Å²) in [6.07, 6.45) is 43.1. The second-order valence-corrected chi connectivity index (χ2v) is 15.9. The van der Waals surface area contributed by atoms with Crippen molar-refractivity contribution in [3.8, 4) is 0 Å². The molecule has 0 spiro atoms. The largest absolute Gasteiger partial charge is 0.469 e. The highest BCUT2D eigenvalue weighted by Gasteiger charge is 2.36. The van der Waals surface area contributed by atoms with Gasteiger partial charge in [0, 0.05) is 12.8 Å². The Balaban J connectivity index is 2.06. The van der Waals surface area contributed by atoms with E-state index in [-0.39, 0.29) is 19.4 Å². The molecule has 3 atom stereocenters. The minimum Gasteiger partial charge on any atom is -0.462 e. The standard InChI is InChI=1S/C43H77O9P/c1-3-5-7-9-11-12-13-14-15-16-17-18-19-20-21-22-23-27-32-36-43(45)51-39(38-50-53(46,47)48)37-49-42(44)35-31-28-24-26-30-34-41-40(52-41)33-29-25-10-8-6-4-2/h11-12,14-15,25,29,39-41H,3-10,13,16-24,26-28,30-38H2,1-2H3,(H2,46,47,48)/b12-11-,15-14-,29-25-/t39-,40?,41?/m1/s1. The number of phosphoric acid groups is 1. The minimum absolute atomic E-state index is 0.201. The van der Waals surface area contributed by atoms with Gasteiger partial charge in [0.2, 0.25) is 0 Å². The molecule has 0 aromatic heterocycles. The lowest BCUT2D eigenvalue weighted by atomic mass is 10.1. The molecule has 1 aliphatic heterocycles. The van der Waals surface area contributed by atoms with Crippen LogP contribution in [-0.4, -0.2) is 53.3 Å². The van der Waals surface area contributed by atoms with Crippen LogP contribution in [0.2, 0.25) is 0 Å². The monoisotopic (exact) mass is 769 g/mol. The molecule has 308 valence electrons. The summed E-state index contributed by atoms with van der Waals surface area (Å²) in [6, 6.07) is 0. The van der Waals surface area contributed by atoms with Gasteiger partial charge in [-0.2, -0.15) is 0 Å². The van der Waals surface area contributed by atoms with E-state index in [0.29, 0.717) is 25.0 Å². The number of hydrogen-bond donors (Lipinski definition) is 2. The molecule has 0 aliphatic carbocycles. The van der Waals surface area contributed by atoms with Crippen LogP contribution in [-0.2, 0) is 32.9 Å². The number of unbranched alkanes of at least 4 members (excludes halogenated alkanes) is 19. The van der Waals surface area contributed by atoms with Crippen molar-refractivity contribution in [2.75, 3.05) is 13.2 Å². The quantitative estimate of drug-likeness (QED) is 0.0207. The molecule has 0 aromatic rings. The minimum atomic E-state index is -4.76. The normalized spacial score (nSPS) is 16.6. The first kappa shape index (κ1) is 49.2. The van der Waals surface area contributed by atoms with E-state index in [1.807, 2.05) is 0 Å². The van der Waals surface area contributed by atoms with Crippen LogP contribution in [0, 0.1) is 0 Å². The van der Waals surface area contributed by atoms with Gasteiger partial charge in [0.05, 0.1) is 18.8 Å². The first-order valence-corrected chi connectivity index (χ1v) is 22.9. The highest BCUT2D eigenvalue weighted by atomic mass is 31.2. The third-order valence-electron chi connectivity index (χ3n) is 9.56. The Morgan fingerprint density at radius 1 is 0.604 bits per heavy atom. The van der Waals surface area contributed by atoms with E-state index in [1.54, 1.807) is 0 Å². The van der Waals surface area contributed by atoms with Crippen LogP contribution in [0.25, 0.3) is 0 Å². The average molecular weight is 769 g/mol. The molecule has 1 aliphatic rings. The van der Waals surface area contributed by atoms with E-state index in [2.05, 4.69) is 54.8 Å². The molecule has 9 nitrogen and oxygen atoms in total. The first-order chi connectivity index (χ1) is 25.7. The Labute approximate surface area is 323 Å². The van der Waals surface area contributed by atoms with Crippen LogP contribution in [0.5, 0.6) is 0 Å². The van der Waals surface area contributed by atoms with Crippen LogP contribution in [0.1, 0.15) is 194 Å². The molecular weight excluding hydrogens is 691 g/mol. The van der Waals surface area contributed by atoms with Gasteiger partial charge in [0.15, 0.2) is 6.10 Å². The number of carbonyl (C=O) groups is 2. The van der Waals surface area contributed by atoms with Crippen molar-refractivity contribution in [3.05, 3.63) is 36.5 Å². The molecule has 0 amide bonds. The number of hydrogen-bond acceptors (Lipinski definition) is 7. The van der Waals surface area contributed by atoms with Crippen LogP contribution in [0.4, 0.5) is 0 Å². The van der Waals surface area contributed by atoms with Crippen molar-refractivity contribution in [1.82, 2.24) is 0 Å². The number of carbonyl (C=O) groups excluding carboxylic acids is 2. The average Bonchev–Trinajstić information content (AvgIpc) is 3.88. The number of rotatable bonds is 38. The van der Waals surface area contributed by atoms with Gasteiger partial charge < -0.3 is 24.0 Å². The summed E-state index contributed by atoms with van der Waals surface area (Å²) in [7, 11) is -4.76. The van der Waals surface area contributed by atoms with E-state index in [0.717, 1.165) is 77.0 Å². The molecule has 0 saturated carbocycles. The maximum absolute atomic E-state index is 12.4. The van der Waals surface area contributed by atoms with Crippen LogP contribution >= 0.6 is 7.82 Å². The van der Waals surface area contributed by atoms with Crippen molar-refractivity contribution >= 4 is 19.8 Å². The van der Waals surface area contributed by atoms with Gasteiger partial charge in [-0.15, -0.1) is 0 Å². The Bertz CT molecular complexity index is 1020. The molecule has 0 aromatic carbocycles. The fraction of sp³-hybridized carbons (Fsp3) is 0.814. The predicted molar refractivity (Wildman–Crippen MR) is 216 cm³/mol. The highest BCUT2D eigenvalue weighted by Crippen LogP contribution is 2.36. The number of phosphoric ester groups is 1. The van der Waals surface area contributed by atoms with Gasteiger partial charge in [-0.05, 0) is 70.6 Å². The molecular formula is C43H77O9P. The van der Waals surface area contributed by atoms with E-state index < -0.39 is 32.5 Å². The third kappa shape index (κ3) is 34.5. The fourth-order valence-electron chi connectivity index (χ4n) is 6.23. The number of epoxide rings is 1. The molecule has 53 heavy (non-hydrogen) atoms. The maximum Gasteiger partial charge on any atom is 0.469 e. The molecule has 2 unspecified atom stereocenters. The van der Waals surface area contributed by atoms with E-state index in [9.17, 15) is 14.2 Å². The lowest BCUT2D eigenvalue weighted by Gasteiger charge is -2.18. The van der Waals surface area contributed by atoms with Gasteiger partial charge in [-0.3, -0.25) is 14.1 Å². The fourth-order valence-corrected chi connectivity index (χ4v) is 6.59. The zero-order chi connectivity index (χ0) is 38.7. The highest BCUT2D eigenvalue weighted by molar-refractivity contribution is 7.46. The Hall–Kier alpha value is -1.77. The van der Waals surface area contributed by atoms with E-state index in [1.165, 1.54) is 77.0 Å². The molecule has 1 heterocycles. The molecule has 1 saturated heterocycles. The number of ether oxygens (including phenoxy) is 3. The molecule has 10 heteroatoms. The smallest absolute Gasteiger partial charge is 0.462 e. The summed E-state index contributed by atoms with van der Waals surface area (Å²) < 4.78 is 32.2. The van der Waals surface area contributed by atoms with Gasteiger partial charge >= 0.3 is 19.8 Å². The molecule has 0 bridgehead atoms. The third-order valence-corrected chi connectivity index (χ3v) is 10.0. The molecule has 2 N–H and O–H groups in total. The number of allylic oxidation sites excluding steroid dienone is 5. The van der Waals surface area contributed by atoms with Gasteiger partial charge in [0.25, 0.3) is 0 Å². The lowest BCUT2D eigenvalue weighted by Crippen LogP contribution is -2.29. The zero-order valence-electron chi connectivity index (χ0n) is 33.6. The summed E-state index contributed by atoms with van der Waals surface area (Å²) in [4.78, 5) is 42.9. The second kappa shape index (κ2) is 34.7. The summed E-state index contributed by atoms with van der Waals surface area (Å²) in [5, 5.41) is 0. The van der Waals surface area contributed by atoms with Crippen molar-refractivity contribution in [3.63, 3.8) is 0 Å². The molecule has 1 rings (SSSR count). The first-order valence-electron chi connectivity index (χ1n) is 21.4. The van der Waals surface area contributed by atoms with Crippen LogP contribution in [0.3, 0.4) is 0 Å². The zero-order valence-corrected chi connectivity index (χ0v) is 34.5. The van der Waals surface area contributed by atoms with E-state index in [4.69, 9.17) is 24.0 Å². The molecule has 1 fully saturated rings. The summed E-state index contributed by atoms with van der Waals surface area (Å²) in [5.41, 5.74) is 0. The summed E-state index contributed by atoms with van der Waals surface area (Å²) in [6.45, 7) is 3.61. The van der Waals surface area contributed by atoms with Crippen LogP contribution < -0.4 is 0 Å². The van der Waals surface area contributed by atoms with Gasteiger partial charge in [-0.1, -0.05) is 147 Å². The SMILES string of the molecule is CCCCC/C=C\C/C=C\CCCCCCCCCCCC(=O)O[C@H](COC(=O)CCCCCCCC1OC1C/C=C\CCCCC)COP(=O)(O)O. The maximum atomic E-state index is 12.4. The van der Waals surface area contributed by atoms with Gasteiger partial charge in [0.1, 0.15) is 6.61 Å². The van der Waals surface area contributed by atoms with Gasteiger partial charge in [-0.25, -0.2) is 4.57 Å². The Morgan fingerprint density at radius 3 is 1.66 bits per heavy atom.